The number of carbonyl (C=O) groups is 1. The maximum absolute atomic E-state index is 14.0. The molecule has 3 rings (SSSR count). The highest BCUT2D eigenvalue weighted by Crippen LogP contribution is 2.36. The molecule has 0 aliphatic carbocycles. The minimum atomic E-state index is -0.589. The summed E-state index contributed by atoms with van der Waals surface area (Å²) < 4.78 is 27.5. The van der Waals surface area contributed by atoms with Gasteiger partial charge in [0, 0.05) is 41.8 Å². The second-order valence-corrected chi connectivity index (χ2v) is 7.75. The van der Waals surface area contributed by atoms with Crippen LogP contribution in [-0.4, -0.2) is 34.6 Å². The Labute approximate surface area is 163 Å². The molecule has 1 amide bonds. The molecule has 0 spiro atoms. The summed E-state index contributed by atoms with van der Waals surface area (Å²) in [5.74, 6) is -0.869. The van der Waals surface area contributed by atoms with E-state index in [1.54, 1.807) is 0 Å². The summed E-state index contributed by atoms with van der Waals surface area (Å²) in [6.45, 7) is 0.696. The lowest BCUT2D eigenvalue weighted by atomic mass is 10.1. The second kappa shape index (κ2) is 8.22. The summed E-state index contributed by atoms with van der Waals surface area (Å²) in [4.78, 5) is 24.7. The Morgan fingerprint density at radius 2 is 2.00 bits per heavy atom. The van der Waals surface area contributed by atoms with E-state index in [0.717, 1.165) is 18.2 Å². The largest absolute Gasteiger partial charge is 0.338 e. The van der Waals surface area contributed by atoms with Crippen LogP contribution in [0.3, 0.4) is 0 Å². The highest BCUT2D eigenvalue weighted by molar-refractivity contribution is 7.99. The van der Waals surface area contributed by atoms with Gasteiger partial charge in [0.2, 0.25) is 0 Å². The molecule has 1 unspecified atom stereocenters. The molecule has 2 aromatic carbocycles. The van der Waals surface area contributed by atoms with Gasteiger partial charge in [0.15, 0.2) is 0 Å². The van der Waals surface area contributed by atoms with E-state index < -0.39 is 22.5 Å². The summed E-state index contributed by atoms with van der Waals surface area (Å²) in [5, 5.41) is 10.8. The van der Waals surface area contributed by atoms with Crippen LogP contribution in [0.15, 0.2) is 36.4 Å². The maximum Gasteiger partial charge on any atom is 0.270 e. The van der Waals surface area contributed by atoms with Crippen LogP contribution in [0.25, 0.3) is 0 Å². The number of non-ortho nitro benzene ring substituents is 1. The van der Waals surface area contributed by atoms with Gasteiger partial charge in [-0.05, 0) is 30.7 Å². The Kier molecular flexibility index (Phi) is 5.96. The lowest BCUT2D eigenvalue weighted by Crippen LogP contribution is -2.33. The minimum absolute atomic E-state index is 0.0613. The monoisotopic (exact) mass is 412 g/mol. The topological polar surface area (TPSA) is 63.4 Å². The summed E-state index contributed by atoms with van der Waals surface area (Å²) in [6.07, 6.45) is 0.434. The normalized spacial score (nSPS) is 17.4. The smallest absolute Gasteiger partial charge is 0.270 e. The molecule has 1 atom stereocenters. The number of nitro benzene ring substituents is 1. The third-order valence-corrected chi connectivity index (χ3v) is 5.96. The zero-order valence-corrected chi connectivity index (χ0v) is 15.6. The third kappa shape index (κ3) is 4.39. The zero-order chi connectivity index (χ0) is 19.6. The Balaban J connectivity index is 1.78. The van der Waals surface area contributed by atoms with Crippen molar-refractivity contribution in [1.29, 1.82) is 0 Å². The van der Waals surface area contributed by atoms with Crippen LogP contribution in [0.1, 0.15) is 27.6 Å². The highest BCUT2D eigenvalue weighted by Gasteiger charge is 2.26. The van der Waals surface area contributed by atoms with Gasteiger partial charge in [-0.25, -0.2) is 8.78 Å². The number of nitro groups is 1. The Bertz CT molecular complexity index is 897. The van der Waals surface area contributed by atoms with Crippen molar-refractivity contribution in [1.82, 2.24) is 4.90 Å². The fourth-order valence-corrected chi connectivity index (χ4v) is 4.39. The first-order valence-corrected chi connectivity index (χ1v) is 9.59. The SMILES string of the molecule is O=C(c1cc([N+](=O)[O-])ccc1Cl)N1CCSC(c2cc(F)ccc2F)CC1. The van der Waals surface area contributed by atoms with Crippen molar-refractivity contribution < 1.29 is 18.5 Å². The number of nitrogens with zero attached hydrogens (tertiary/aromatic N) is 2. The quantitative estimate of drug-likeness (QED) is 0.534. The number of benzene rings is 2. The van der Waals surface area contributed by atoms with Crippen LogP contribution in [0.5, 0.6) is 0 Å². The van der Waals surface area contributed by atoms with E-state index in [0.29, 0.717) is 25.3 Å². The highest BCUT2D eigenvalue weighted by atomic mass is 35.5. The van der Waals surface area contributed by atoms with Crippen LogP contribution in [0.4, 0.5) is 14.5 Å². The molecule has 0 radical (unpaired) electrons. The van der Waals surface area contributed by atoms with E-state index in [1.807, 2.05) is 0 Å². The number of thioether (sulfide) groups is 1. The van der Waals surface area contributed by atoms with Gasteiger partial charge in [-0.1, -0.05) is 11.6 Å². The average Bonchev–Trinajstić information content (AvgIpc) is 2.89. The van der Waals surface area contributed by atoms with Crippen LogP contribution in [-0.2, 0) is 0 Å². The molecule has 0 bridgehead atoms. The molecule has 27 heavy (non-hydrogen) atoms. The Morgan fingerprint density at radius 3 is 2.74 bits per heavy atom. The standard InChI is InChI=1S/C18H15ClF2N2O3S/c19-15-3-2-12(23(25)26)10-13(15)18(24)22-6-5-17(27-8-7-22)14-9-11(20)1-4-16(14)21/h1-4,9-10,17H,5-8H2. The predicted molar refractivity (Wildman–Crippen MR) is 100 cm³/mol. The summed E-state index contributed by atoms with van der Waals surface area (Å²) in [7, 11) is 0. The van der Waals surface area contributed by atoms with Gasteiger partial charge in [-0.2, -0.15) is 11.8 Å². The molecule has 0 saturated carbocycles. The Morgan fingerprint density at radius 1 is 1.22 bits per heavy atom. The fraction of sp³-hybridized carbons (Fsp3) is 0.278. The van der Waals surface area contributed by atoms with E-state index in [9.17, 15) is 23.7 Å². The first kappa shape index (κ1) is 19.6. The predicted octanol–water partition coefficient (Wildman–Crippen LogP) is 4.85. The number of amides is 1. The molecule has 0 aromatic heterocycles. The van der Waals surface area contributed by atoms with Gasteiger partial charge in [0.1, 0.15) is 11.6 Å². The molecule has 0 N–H and O–H groups in total. The third-order valence-electron chi connectivity index (χ3n) is 4.32. The van der Waals surface area contributed by atoms with Crippen molar-refractivity contribution in [2.45, 2.75) is 11.7 Å². The van der Waals surface area contributed by atoms with Crippen molar-refractivity contribution in [2.75, 3.05) is 18.8 Å². The van der Waals surface area contributed by atoms with E-state index in [-0.39, 0.29) is 27.1 Å². The molecule has 9 heteroatoms. The number of carbonyl (C=O) groups excluding carboxylic acids is 1. The van der Waals surface area contributed by atoms with Gasteiger partial charge in [0.05, 0.1) is 15.5 Å². The summed E-state index contributed by atoms with van der Waals surface area (Å²) in [5.41, 5.74) is 0.126. The van der Waals surface area contributed by atoms with Gasteiger partial charge >= 0.3 is 0 Å². The van der Waals surface area contributed by atoms with Gasteiger partial charge < -0.3 is 4.90 Å². The van der Waals surface area contributed by atoms with E-state index in [4.69, 9.17) is 11.6 Å². The van der Waals surface area contributed by atoms with Gasteiger partial charge in [0.25, 0.3) is 11.6 Å². The molecule has 1 aliphatic rings. The number of hydrogen-bond acceptors (Lipinski definition) is 4. The molecule has 142 valence electrons. The van der Waals surface area contributed by atoms with E-state index >= 15 is 0 Å². The van der Waals surface area contributed by atoms with Crippen molar-refractivity contribution in [2.24, 2.45) is 0 Å². The van der Waals surface area contributed by atoms with Crippen molar-refractivity contribution in [3.63, 3.8) is 0 Å². The van der Waals surface area contributed by atoms with Crippen LogP contribution in [0, 0.1) is 21.7 Å². The van der Waals surface area contributed by atoms with Gasteiger partial charge in [-0.3, -0.25) is 14.9 Å². The molecule has 1 aliphatic heterocycles. The van der Waals surface area contributed by atoms with E-state index in [1.165, 1.54) is 34.9 Å². The molecule has 1 fully saturated rings. The summed E-state index contributed by atoms with van der Waals surface area (Å²) in [6, 6.07) is 7.07. The molecule has 1 saturated heterocycles. The van der Waals surface area contributed by atoms with Crippen LogP contribution < -0.4 is 0 Å². The fourth-order valence-electron chi connectivity index (χ4n) is 2.94. The summed E-state index contributed by atoms with van der Waals surface area (Å²) >= 11 is 7.50. The molecule has 1 heterocycles. The average molecular weight is 413 g/mol. The van der Waals surface area contributed by atoms with Crippen molar-refractivity contribution in [3.8, 4) is 0 Å². The second-order valence-electron chi connectivity index (χ2n) is 6.03. The molecular weight excluding hydrogens is 398 g/mol. The van der Waals surface area contributed by atoms with Crippen LogP contribution in [0.2, 0.25) is 5.02 Å². The van der Waals surface area contributed by atoms with Crippen molar-refractivity contribution in [3.05, 3.63) is 74.3 Å². The maximum atomic E-state index is 14.0. The minimum Gasteiger partial charge on any atom is -0.338 e. The molecular formula is C18H15ClF2N2O3S. The lowest BCUT2D eigenvalue weighted by Gasteiger charge is -2.21. The number of hydrogen-bond donors (Lipinski definition) is 0. The van der Waals surface area contributed by atoms with Crippen LogP contribution >= 0.6 is 23.4 Å². The molecule has 2 aromatic rings. The number of halogens is 3. The van der Waals surface area contributed by atoms with E-state index in [2.05, 4.69) is 0 Å². The number of rotatable bonds is 3. The van der Waals surface area contributed by atoms with Crippen molar-refractivity contribution >= 4 is 35.0 Å². The first-order valence-electron chi connectivity index (χ1n) is 8.16. The van der Waals surface area contributed by atoms with Gasteiger partial charge in [-0.15, -0.1) is 0 Å². The first-order chi connectivity index (χ1) is 12.9. The zero-order valence-electron chi connectivity index (χ0n) is 14.0. The Hall–Kier alpha value is -2.19. The molecule has 5 nitrogen and oxygen atoms in total. The lowest BCUT2D eigenvalue weighted by molar-refractivity contribution is -0.384.